The minimum Gasteiger partial charge on any atom is -0.251 e. The zero-order valence-electron chi connectivity index (χ0n) is 7.61. The highest BCUT2D eigenvalue weighted by atomic mass is 19.2. The van der Waals surface area contributed by atoms with E-state index in [1.165, 1.54) is 0 Å². The van der Waals surface area contributed by atoms with Gasteiger partial charge in [0.05, 0.1) is 5.56 Å². The molecule has 2 nitrogen and oxygen atoms in total. The molecule has 16 heavy (non-hydrogen) atoms. The molecule has 0 aliphatic rings. The molecule has 0 aliphatic heterocycles. The SMILES string of the molecule is C=CC(OO)c1c(F)c(F)c(F)c(F)c1F. The van der Waals surface area contributed by atoms with Gasteiger partial charge in [-0.1, -0.05) is 6.08 Å². The van der Waals surface area contributed by atoms with Gasteiger partial charge in [-0.3, -0.25) is 5.26 Å². The second-order valence-corrected chi connectivity index (χ2v) is 2.75. The lowest BCUT2D eigenvalue weighted by Gasteiger charge is -2.12. The summed E-state index contributed by atoms with van der Waals surface area (Å²) < 4.78 is 64.2. The lowest BCUT2D eigenvalue weighted by molar-refractivity contribution is -0.269. The molecule has 1 aromatic rings. The van der Waals surface area contributed by atoms with Crippen molar-refractivity contribution in [3.05, 3.63) is 47.3 Å². The van der Waals surface area contributed by atoms with Crippen LogP contribution >= 0.6 is 0 Å². The van der Waals surface area contributed by atoms with E-state index in [1.807, 2.05) is 0 Å². The van der Waals surface area contributed by atoms with Crippen molar-refractivity contribution >= 4 is 0 Å². The molecule has 88 valence electrons. The average molecular weight is 240 g/mol. The first-order valence-electron chi connectivity index (χ1n) is 3.89. The van der Waals surface area contributed by atoms with Gasteiger partial charge >= 0.3 is 0 Å². The van der Waals surface area contributed by atoms with Crippen LogP contribution in [0.15, 0.2) is 12.7 Å². The number of rotatable bonds is 3. The van der Waals surface area contributed by atoms with E-state index >= 15 is 0 Å². The van der Waals surface area contributed by atoms with Crippen LogP contribution in [0, 0.1) is 29.1 Å². The van der Waals surface area contributed by atoms with Crippen molar-refractivity contribution < 1.29 is 32.1 Å². The van der Waals surface area contributed by atoms with E-state index in [4.69, 9.17) is 5.26 Å². The third-order valence-electron chi connectivity index (χ3n) is 1.86. The van der Waals surface area contributed by atoms with Crippen molar-refractivity contribution in [1.29, 1.82) is 0 Å². The Morgan fingerprint density at radius 1 is 0.938 bits per heavy atom. The van der Waals surface area contributed by atoms with E-state index < -0.39 is 40.8 Å². The third kappa shape index (κ3) is 1.79. The van der Waals surface area contributed by atoms with Gasteiger partial charge in [0.1, 0.15) is 6.10 Å². The van der Waals surface area contributed by atoms with E-state index in [9.17, 15) is 22.0 Å². The maximum atomic E-state index is 13.1. The maximum absolute atomic E-state index is 13.1. The van der Waals surface area contributed by atoms with Crippen molar-refractivity contribution in [3.63, 3.8) is 0 Å². The van der Waals surface area contributed by atoms with Crippen molar-refractivity contribution in [2.75, 3.05) is 0 Å². The first kappa shape index (κ1) is 12.6. The highest BCUT2D eigenvalue weighted by molar-refractivity contribution is 5.28. The molecule has 0 aromatic heterocycles. The molecule has 0 aliphatic carbocycles. The minimum absolute atomic E-state index is 0.679. The molecular weight excluding hydrogens is 235 g/mol. The number of halogens is 5. The van der Waals surface area contributed by atoms with Gasteiger partial charge in [0.25, 0.3) is 0 Å². The largest absolute Gasteiger partial charge is 0.251 e. The maximum Gasteiger partial charge on any atom is 0.200 e. The van der Waals surface area contributed by atoms with Crippen molar-refractivity contribution in [2.24, 2.45) is 0 Å². The van der Waals surface area contributed by atoms with Gasteiger partial charge in [-0.15, -0.1) is 6.58 Å². The Balaban J connectivity index is 3.56. The van der Waals surface area contributed by atoms with Crippen LogP contribution in [0.2, 0.25) is 0 Å². The summed E-state index contributed by atoms with van der Waals surface area (Å²) in [6, 6.07) is 0. The van der Waals surface area contributed by atoms with Crippen molar-refractivity contribution in [2.45, 2.75) is 6.10 Å². The fourth-order valence-corrected chi connectivity index (χ4v) is 1.09. The molecule has 1 unspecified atom stereocenters. The molecule has 0 fully saturated rings. The van der Waals surface area contributed by atoms with Crippen LogP contribution < -0.4 is 0 Å². The Morgan fingerprint density at radius 2 is 1.31 bits per heavy atom. The Bertz CT molecular complexity index is 403. The zero-order chi connectivity index (χ0) is 12.5. The predicted octanol–water partition coefficient (Wildman–Crippen LogP) is 3.10. The molecule has 1 N–H and O–H groups in total. The molecular formula is C9H5F5O2. The normalized spacial score (nSPS) is 12.6. The Labute approximate surface area is 86.5 Å². The molecule has 0 bridgehead atoms. The summed E-state index contributed by atoms with van der Waals surface area (Å²) in [6.45, 7) is 3.02. The number of hydrogen-bond donors (Lipinski definition) is 1. The second-order valence-electron chi connectivity index (χ2n) is 2.75. The summed E-state index contributed by atoms with van der Waals surface area (Å²) >= 11 is 0. The summed E-state index contributed by atoms with van der Waals surface area (Å²) in [5.41, 5.74) is -1.30. The summed E-state index contributed by atoms with van der Waals surface area (Å²) in [5.74, 6) is -10.7. The summed E-state index contributed by atoms with van der Waals surface area (Å²) in [5, 5.41) is 8.24. The number of hydrogen-bond acceptors (Lipinski definition) is 2. The highest BCUT2D eigenvalue weighted by Gasteiger charge is 2.29. The van der Waals surface area contributed by atoms with Gasteiger partial charge in [-0.25, -0.2) is 26.8 Å². The Kier molecular flexibility index (Phi) is 3.61. The minimum atomic E-state index is -2.28. The van der Waals surface area contributed by atoms with Gasteiger partial charge < -0.3 is 0 Å². The van der Waals surface area contributed by atoms with Crippen molar-refractivity contribution in [3.8, 4) is 0 Å². The van der Waals surface area contributed by atoms with E-state index in [-0.39, 0.29) is 0 Å². The first-order chi connectivity index (χ1) is 7.45. The van der Waals surface area contributed by atoms with Crippen LogP contribution in [0.1, 0.15) is 11.7 Å². The van der Waals surface area contributed by atoms with Crippen LogP contribution in [0.4, 0.5) is 22.0 Å². The predicted molar refractivity (Wildman–Crippen MR) is 42.9 cm³/mol. The monoisotopic (exact) mass is 240 g/mol. The van der Waals surface area contributed by atoms with Crippen molar-refractivity contribution in [1.82, 2.24) is 0 Å². The fourth-order valence-electron chi connectivity index (χ4n) is 1.09. The number of benzene rings is 1. The fraction of sp³-hybridized carbons (Fsp3) is 0.111. The third-order valence-corrected chi connectivity index (χ3v) is 1.86. The van der Waals surface area contributed by atoms with Gasteiger partial charge in [0, 0.05) is 0 Å². The molecule has 0 heterocycles. The van der Waals surface area contributed by atoms with Gasteiger partial charge in [0.15, 0.2) is 23.3 Å². The zero-order valence-corrected chi connectivity index (χ0v) is 7.61. The van der Waals surface area contributed by atoms with Crippen LogP contribution in [-0.4, -0.2) is 5.26 Å². The Morgan fingerprint density at radius 3 is 1.62 bits per heavy atom. The second kappa shape index (κ2) is 4.58. The lowest BCUT2D eigenvalue weighted by Crippen LogP contribution is -2.11. The molecule has 1 aromatic carbocycles. The topological polar surface area (TPSA) is 29.5 Å². The molecule has 0 amide bonds. The highest BCUT2D eigenvalue weighted by Crippen LogP contribution is 2.29. The standard InChI is InChI=1S/C9H5F5O2/c1-2-3(16-15)4-5(10)7(12)9(14)8(13)6(4)11/h2-3,15H,1H2. The van der Waals surface area contributed by atoms with E-state index in [2.05, 4.69) is 11.5 Å². The molecule has 1 rings (SSSR count). The van der Waals surface area contributed by atoms with Crippen LogP contribution in [0.5, 0.6) is 0 Å². The molecule has 0 saturated heterocycles. The summed E-state index contributed by atoms with van der Waals surface area (Å²) in [4.78, 5) is 3.54. The van der Waals surface area contributed by atoms with E-state index in [0.29, 0.717) is 6.08 Å². The molecule has 0 spiro atoms. The van der Waals surface area contributed by atoms with E-state index in [1.54, 1.807) is 0 Å². The van der Waals surface area contributed by atoms with Crippen LogP contribution in [0.3, 0.4) is 0 Å². The quantitative estimate of drug-likeness (QED) is 0.220. The summed E-state index contributed by atoms with van der Waals surface area (Å²) in [7, 11) is 0. The molecule has 7 heteroatoms. The van der Waals surface area contributed by atoms with Gasteiger partial charge in [-0.05, 0) is 0 Å². The van der Waals surface area contributed by atoms with Crippen LogP contribution in [-0.2, 0) is 4.89 Å². The molecule has 1 atom stereocenters. The van der Waals surface area contributed by atoms with Crippen LogP contribution in [0.25, 0.3) is 0 Å². The van der Waals surface area contributed by atoms with Gasteiger partial charge in [0.2, 0.25) is 5.82 Å². The molecule has 0 saturated carbocycles. The first-order valence-corrected chi connectivity index (χ1v) is 3.89. The lowest BCUT2D eigenvalue weighted by atomic mass is 10.1. The average Bonchev–Trinajstić information content (AvgIpc) is 2.29. The summed E-state index contributed by atoms with van der Waals surface area (Å²) in [6.07, 6.45) is -1.16. The molecule has 0 radical (unpaired) electrons. The Hall–Kier alpha value is -1.47. The van der Waals surface area contributed by atoms with E-state index in [0.717, 1.165) is 0 Å². The smallest absolute Gasteiger partial charge is 0.200 e. The van der Waals surface area contributed by atoms with Gasteiger partial charge in [-0.2, -0.15) is 0 Å².